The highest BCUT2D eigenvalue weighted by atomic mass is 32.2. The third-order valence-corrected chi connectivity index (χ3v) is 7.48. The molecule has 2 aliphatic carbocycles. The number of hydrogen-bond acceptors (Lipinski definition) is 5. The lowest BCUT2D eigenvalue weighted by Crippen LogP contribution is -2.23. The summed E-state index contributed by atoms with van der Waals surface area (Å²) in [6.45, 7) is 0. The Morgan fingerprint density at radius 3 is 2.72 bits per heavy atom. The molecule has 2 heterocycles. The van der Waals surface area contributed by atoms with Gasteiger partial charge in [0.05, 0.1) is 5.25 Å². The first-order valence-corrected chi connectivity index (χ1v) is 11.2. The van der Waals surface area contributed by atoms with Crippen LogP contribution in [0.5, 0.6) is 0 Å². The Labute approximate surface area is 157 Å². The summed E-state index contributed by atoms with van der Waals surface area (Å²) in [5, 5.41) is 12.2. The molecule has 0 radical (unpaired) electrons. The number of carbonyl (C=O) groups excluding carboxylic acids is 1. The normalized spacial score (nSPS) is 22.4. The predicted octanol–water partition coefficient (Wildman–Crippen LogP) is 5.04. The van der Waals surface area contributed by atoms with Crippen LogP contribution in [-0.4, -0.2) is 25.8 Å². The topological polar surface area (TPSA) is 47.8 Å². The molecule has 2 aromatic rings. The van der Waals surface area contributed by atoms with E-state index in [0.29, 0.717) is 11.8 Å². The molecule has 0 aliphatic heterocycles. The van der Waals surface area contributed by atoms with E-state index in [2.05, 4.69) is 32.3 Å². The third-order valence-electron chi connectivity index (χ3n) is 5.33. The summed E-state index contributed by atoms with van der Waals surface area (Å²) in [4.78, 5) is 13.6. The summed E-state index contributed by atoms with van der Waals surface area (Å²) in [5.41, 5.74) is 0. The van der Waals surface area contributed by atoms with Crippen LogP contribution < -0.4 is 0 Å². The van der Waals surface area contributed by atoms with Crippen LogP contribution >= 0.6 is 23.1 Å². The van der Waals surface area contributed by atoms with Crippen LogP contribution in [0.2, 0.25) is 0 Å². The third kappa shape index (κ3) is 4.00. The maximum atomic E-state index is 12.3. The van der Waals surface area contributed by atoms with Gasteiger partial charge < -0.3 is 4.57 Å². The Morgan fingerprint density at radius 1 is 1.12 bits per heavy atom. The van der Waals surface area contributed by atoms with Gasteiger partial charge in [0.15, 0.2) is 5.16 Å². The molecule has 0 amide bonds. The molecular weight excluding hydrogens is 350 g/mol. The molecule has 0 saturated heterocycles. The van der Waals surface area contributed by atoms with Crippen LogP contribution in [0.4, 0.5) is 0 Å². The Balaban J connectivity index is 1.60. The zero-order chi connectivity index (χ0) is 17.1. The van der Waals surface area contributed by atoms with E-state index in [0.717, 1.165) is 43.1 Å². The van der Waals surface area contributed by atoms with E-state index in [9.17, 15) is 4.79 Å². The SMILES string of the molecule is O=C1CCCCC1Sc1nnc(Cc2cccs2)n1C1CCCCC1. The summed E-state index contributed by atoms with van der Waals surface area (Å²) in [6, 6.07) is 4.76. The molecule has 0 aromatic carbocycles. The maximum absolute atomic E-state index is 12.3. The van der Waals surface area contributed by atoms with Crippen LogP contribution in [-0.2, 0) is 11.2 Å². The molecular formula is C19H25N3OS2. The molecule has 25 heavy (non-hydrogen) atoms. The van der Waals surface area contributed by atoms with Gasteiger partial charge in [-0.2, -0.15) is 0 Å². The minimum Gasteiger partial charge on any atom is -0.303 e. The van der Waals surface area contributed by atoms with Crippen molar-refractivity contribution < 1.29 is 4.79 Å². The summed E-state index contributed by atoms with van der Waals surface area (Å²) in [5.74, 6) is 1.47. The number of thiophene rings is 1. The van der Waals surface area contributed by atoms with Gasteiger partial charge in [0.25, 0.3) is 0 Å². The number of rotatable bonds is 5. The molecule has 6 heteroatoms. The molecule has 2 fully saturated rings. The van der Waals surface area contributed by atoms with Crippen molar-refractivity contribution in [3.8, 4) is 0 Å². The molecule has 2 aliphatic rings. The number of carbonyl (C=O) groups is 1. The Bertz CT molecular complexity index is 704. The largest absolute Gasteiger partial charge is 0.303 e. The van der Waals surface area contributed by atoms with E-state index >= 15 is 0 Å². The molecule has 4 nitrogen and oxygen atoms in total. The molecule has 1 unspecified atom stereocenters. The Hall–Kier alpha value is -1.14. The number of ketones is 1. The van der Waals surface area contributed by atoms with Crippen molar-refractivity contribution in [1.29, 1.82) is 0 Å². The fourth-order valence-electron chi connectivity index (χ4n) is 3.99. The average Bonchev–Trinajstić information content (AvgIpc) is 3.28. The quantitative estimate of drug-likeness (QED) is 0.734. The predicted molar refractivity (Wildman–Crippen MR) is 102 cm³/mol. The number of nitrogens with zero attached hydrogens (tertiary/aromatic N) is 3. The van der Waals surface area contributed by atoms with E-state index < -0.39 is 0 Å². The van der Waals surface area contributed by atoms with Crippen molar-refractivity contribution in [3.63, 3.8) is 0 Å². The lowest BCUT2D eigenvalue weighted by molar-refractivity contribution is -0.119. The molecule has 1 atom stereocenters. The van der Waals surface area contributed by atoms with E-state index in [-0.39, 0.29) is 5.25 Å². The number of aromatic nitrogens is 3. The van der Waals surface area contributed by atoms with Gasteiger partial charge in [0.1, 0.15) is 11.6 Å². The lowest BCUT2D eigenvalue weighted by Gasteiger charge is -2.27. The Kier molecular flexibility index (Phi) is 5.56. The van der Waals surface area contributed by atoms with Crippen molar-refractivity contribution in [2.24, 2.45) is 0 Å². The highest BCUT2D eigenvalue weighted by Crippen LogP contribution is 2.37. The number of thioether (sulfide) groups is 1. The van der Waals surface area contributed by atoms with Crippen LogP contribution in [0.3, 0.4) is 0 Å². The minimum atomic E-state index is 0.0786. The molecule has 134 valence electrons. The van der Waals surface area contributed by atoms with Crippen LogP contribution in [0.25, 0.3) is 0 Å². The molecule has 2 aromatic heterocycles. The monoisotopic (exact) mass is 375 g/mol. The van der Waals surface area contributed by atoms with Gasteiger partial charge in [-0.25, -0.2) is 0 Å². The smallest absolute Gasteiger partial charge is 0.192 e. The van der Waals surface area contributed by atoms with Crippen molar-refractivity contribution in [2.75, 3.05) is 0 Å². The van der Waals surface area contributed by atoms with E-state index in [4.69, 9.17) is 0 Å². The van der Waals surface area contributed by atoms with Gasteiger partial charge in [-0.05, 0) is 37.1 Å². The highest BCUT2D eigenvalue weighted by molar-refractivity contribution is 8.00. The molecule has 0 bridgehead atoms. The number of Topliss-reactive ketones (excluding diaryl/α,β-unsaturated/α-hetero) is 1. The summed E-state index contributed by atoms with van der Waals surface area (Å²) < 4.78 is 2.38. The van der Waals surface area contributed by atoms with Gasteiger partial charge in [0, 0.05) is 23.8 Å². The van der Waals surface area contributed by atoms with Crippen LogP contribution in [0, 0.1) is 0 Å². The highest BCUT2D eigenvalue weighted by Gasteiger charge is 2.29. The molecule has 0 N–H and O–H groups in total. The zero-order valence-electron chi connectivity index (χ0n) is 14.5. The zero-order valence-corrected chi connectivity index (χ0v) is 16.2. The molecule has 4 rings (SSSR count). The first-order valence-electron chi connectivity index (χ1n) is 9.47. The first kappa shape index (κ1) is 17.3. The van der Waals surface area contributed by atoms with Gasteiger partial charge in [-0.1, -0.05) is 43.5 Å². The fourth-order valence-corrected chi connectivity index (χ4v) is 5.93. The van der Waals surface area contributed by atoms with Crippen molar-refractivity contribution in [2.45, 2.75) is 80.7 Å². The second-order valence-electron chi connectivity index (χ2n) is 7.14. The molecule has 0 spiro atoms. The van der Waals surface area contributed by atoms with Crippen LogP contribution in [0.1, 0.15) is 74.5 Å². The second kappa shape index (κ2) is 8.04. The van der Waals surface area contributed by atoms with Crippen molar-refractivity contribution >= 4 is 28.9 Å². The fraction of sp³-hybridized carbons (Fsp3) is 0.632. The van der Waals surface area contributed by atoms with Crippen molar-refractivity contribution in [1.82, 2.24) is 14.8 Å². The lowest BCUT2D eigenvalue weighted by atomic mass is 9.95. The summed E-state index contributed by atoms with van der Waals surface area (Å²) in [6.07, 6.45) is 11.1. The Morgan fingerprint density at radius 2 is 1.96 bits per heavy atom. The standard InChI is InChI=1S/C19H25N3OS2/c23-16-10-4-5-11-17(16)25-19-21-20-18(13-15-9-6-12-24-15)22(19)14-7-2-1-3-8-14/h6,9,12,14,17H,1-5,7-8,10-11,13H2. The number of hydrogen-bond donors (Lipinski definition) is 0. The average molecular weight is 376 g/mol. The summed E-state index contributed by atoms with van der Waals surface area (Å²) >= 11 is 3.45. The van der Waals surface area contributed by atoms with Gasteiger partial charge in [-0.3, -0.25) is 4.79 Å². The minimum absolute atomic E-state index is 0.0786. The van der Waals surface area contributed by atoms with E-state index in [1.54, 1.807) is 23.1 Å². The van der Waals surface area contributed by atoms with Gasteiger partial charge >= 0.3 is 0 Å². The molecule has 2 saturated carbocycles. The van der Waals surface area contributed by atoms with E-state index in [1.165, 1.54) is 37.0 Å². The second-order valence-corrected chi connectivity index (χ2v) is 9.34. The maximum Gasteiger partial charge on any atom is 0.192 e. The first-order chi connectivity index (χ1) is 12.3. The van der Waals surface area contributed by atoms with E-state index in [1.807, 2.05) is 0 Å². The van der Waals surface area contributed by atoms with Gasteiger partial charge in [0.2, 0.25) is 0 Å². The van der Waals surface area contributed by atoms with Crippen LogP contribution in [0.15, 0.2) is 22.7 Å². The van der Waals surface area contributed by atoms with Crippen molar-refractivity contribution in [3.05, 3.63) is 28.2 Å². The van der Waals surface area contributed by atoms with Gasteiger partial charge in [-0.15, -0.1) is 21.5 Å². The summed E-state index contributed by atoms with van der Waals surface area (Å²) in [7, 11) is 0.